The van der Waals surface area contributed by atoms with E-state index in [1.54, 1.807) is 0 Å². The van der Waals surface area contributed by atoms with Gasteiger partial charge in [0.15, 0.2) is 11.0 Å². The zero-order valence-corrected chi connectivity index (χ0v) is 10.4. The lowest BCUT2D eigenvalue weighted by atomic mass is 9.84. The van der Waals surface area contributed by atoms with Crippen LogP contribution in [0, 0.1) is 5.92 Å². The first-order chi connectivity index (χ1) is 7.29. The Labute approximate surface area is 99.6 Å². The van der Waals surface area contributed by atoms with Crippen molar-refractivity contribution in [3.63, 3.8) is 0 Å². The minimum absolute atomic E-state index is 0.513. The van der Waals surface area contributed by atoms with E-state index in [1.165, 1.54) is 43.8 Å². The fourth-order valence-electron chi connectivity index (χ4n) is 2.25. The quantitative estimate of drug-likeness (QED) is 0.885. The molecular weight excluding hydrogens is 230 g/mol. The van der Waals surface area contributed by atoms with Crippen LogP contribution in [0.1, 0.15) is 39.0 Å². The molecule has 1 heterocycles. The van der Waals surface area contributed by atoms with Gasteiger partial charge in [-0.1, -0.05) is 37.8 Å². The van der Waals surface area contributed by atoms with Crippen LogP contribution >= 0.6 is 23.3 Å². The number of hydrogen-bond acceptors (Lipinski definition) is 4. The molecule has 0 aromatic carbocycles. The minimum Gasteiger partial charge on any atom is -0.364 e. The summed E-state index contributed by atoms with van der Waals surface area (Å²) >= 11 is 7.07. The van der Waals surface area contributed by atoms with Gasteiger partial charge in [0, 0.05) is 6.04 Å². The zero-order chi connectivity index (χ0) is 10.7. The summed E-state index contributed by atoms with van der Waals surface area (Å²) in [4.78, 5) is 0. The van der Waals surface area contributed by atoms with Gasteiger partial charge in [-0.3, -0.25) is 0 Å². The van der Waals surface area contributed by atoms with Crippen molar-refractivity contribution in [2.75, 3.05) is 5.32 Å². The fourth-order valence-corrected chi connectivity index (χ4v) is 2.91. The second kappa shape index (κ2) is 5.12. The summed E-state index contributed by atoms with van der Waals surface area (Å²) in [7, 11) is 0. The Morgan fingerprint density at radius 1 is 1.47 bits per heavy atom. The fraction of sp³-hybridized carbons (Fsp3) is 0.800. The van der Waals surface area contributed by atoms with E-state index in [2.05, 4.69) is 21.0 Å². The number of halogens is 1. The van der Waals surface area contributed by atoms with Gasteiger partial charge in [0.1, 0.15) is 0 Å². The third-order valence-corrected chi connectivity index (χ3v) is 4.04. The van der Waals surface area contributed by atoms with Crippen LogP contribution in [-0.4, -0.2) is 14.8 Å². The molecule has 0 spiro atoms. The van der Waals surface area contributed by atoms with Crippen LogP contribution in [0.4, 0.5) is 5.82 Å². The number of nitrogens with one attached hydrogen (secondary N) is 1. The monoisotopic (exact) mass is 245 g/mol. The lowest BCUT2D eigenvalue weighted by Gasteiger charge is -2.28. The van der Waals surface area contributed by atoms with E-state index in [4.69, 9.17) is 11.6 Å². The highest BCUT2D eigenvalue weighted by atomic mass is 35.5. The smallest absolute Gasteiger partial charge is 0.186 e. The molecule has 2 unspecified atom stereocenters. The second-order valence-electron chi connectivity index (χ2n) is 4.19. The largest absolute Gasteiger partial charge is 0.364 e. The molecule has 0 saturated heterocycles. The Hall–Kier alpha value is -0.350. The van der Waals surface area contributed by atoms with Crippen molar-refractivity contribution in [2.24, 2.45) is 5.92 Å². The SMILES string of the molecule is CCC1CCCC(Nc2nsnc2Cl)C1. The van der Waals surface area contributed by atoms with E-state index >= 15 is 0 Å². The maximum atomic E-state index is 5.90. The highest BCUT2D eigenvalue weighted by molar-refractivity contribution is 6.99. The normalized spacial score (nSPS) is 26.5. The van der Waals surface area contributed by atoms with E-state index in [0.717, 1.165) is 11.7 Å². The minimum atomic E-state index is 0.513. The molecular formula is C10H16ClN3S. The molecule has 1 N–H and O–H groups in total. The summed E-state index contributed by atoms with van der Waals surface area (Å²) in [6.45, 7) is 2.27. The van der Waals surface area contributed by atoms with Crippen LogP contribution in [0.25, 0.3) is 0 Å². The molecule has 0 aliphatic heterocycles. The van der Waals surface area contributed by atoms with Crippen molar-refractivity contribution < 1.29 is 0 Å². The first-order valence-electron chi connectivity index (χ1n) is 5.54. The predicted molar refractivity (Wildman–Crippen MR) is 64.6 cm³/mol. The Morgan fingerprint density at radius 2 is 2.33 bits per heavy atom. The highest BCUT2D eigenvalue weighted by Crippen LogP contribution is 2.29. The number of anilines is 1. The molecule has 1 aliphatic carbocycles. The first kappa shape index (κ1) is 11.1. The zero-order valence-electron chi connectivity index (χ0n) is 8.87. The predicted octanol–water partition coefficient (Wildman–Crippen LogP) is 3.57. The summed E-state index contributed by atoms with van der Waals surface area (Å²) in [6, 6.07) is 0.532. The number of aromatic nitrogens is 2. The molecule has 1 aromatic heterocycles. The van der Waals surface area contributed by atoms with Crippen LogP contribution in [0.3, 0.4) is 0 Å². The van der Waals surface area contributed by atoms with E-state index in [1.807, 2.05) is 0 Å². The van der Waals surface area contributed by atoms with Gasteiger partial charge in [-0.25, -0.2) is 0 Å². The van der Waals surface area contributed by atoms with E-state index in [9.17, 15) is 0 Å². The molecule has 0 radical (unpaired) electrons. The Balaban J connectivity index is 1.92. The van der Waals surface area contributed by atoms with E-state index in [0.29, 0.717) is 11.2 Å². The Bertz CT molecular complexity index is 315. The van der Waals surface area contributed by atoms with Gasteiger partial charge in [-0.15, -0.1) is 0 Å². The number of nitrogens with zero attached hydrogens (tertiary/aromatic N) is 2. The summed E-state index contributed by atoms with van der Waals surface area (Å²) in [6.07, 6.45) is 6.43. The van der Waals surface area contributed by atoms with Crippen LogP contribution in [0.2, 0.25) is 5.15 Å². The summed E-state index contributed by atoms with van der Waals surface area (Å²) < 4.78 is 8.10. The van der Waals surface area contributed by atoms with Crippen molar-refractivity contribution >= 4 is 29.1 Å². The molecule has 15 heavy (non-hydrogen) atoms. The lowest BCUT2D eigenvalue weighted by Crippen LogP contribution is -2.27. The number of rotatable bonds is 3. The van der Waals surface area contributed by atoms with Crippen molar-refractivity contribution in [3.05, 3.63) is 5.15 Å². The maximum Gasteiger partial charge on any atom is 0.186 e. The standard InChI is InChI=1S/C10H16ClN3S/c1-2-7-4-3-5-8(6-7)12-10-9(11)13-15-14-10/h7-8H,2-6H2,1H3,(H,12,14). The molecule has 2 rings (SSSR count). The number of hydrogen-bond donors (Lipinski definition) is 1. The molecule has 0 bridgehead atoms. The molecule has 1 aliphatic rings. The van der Waals surface area contributed by atoms with Crippen molar-refractivity contribution in [1.29, 1.82) is 0 Å². The molecule has 5 heteroatoms. The van der Waals surface area contributed by atoms with Gasteiger partial charge in [0.2, 0.25) is 0 Å². The van der Waals surface area contributed by atoms with Crippen LogP contribution in [-0.2, 0) is 0 Å². The van der Waals surface area contributed by atoms with Gasteiger partial charge in [0.05, 0.1) is 11.7 Å². The third kappa shape index (κ3) is 2.82. The van der Waals surface area contributed by atoms with Crippen molar-refractivity contribution in [1.82, 2.24) is 8.75 Å². The molecule has 84 valence electrons. The average molecular weight is 246 g/mol. The summed E-state index contributed by atoms with van der Waals surface area (Å²) in [5.74, 6) is 1.63. The van der Waals surface area contributed by atoms with Crippen LogP contribution in [0.15, 0.2) is 0 Å². The van der Waals surface area contributed by atoms with Gasteiger partial charge in [0.25, 0.3) is 0 Å². The second-order valence-corrected chi connectivity index (χ2v) is 5.07. The van der Waals surface area contributed by atoms with Crippen molar-refractivity contribution in [3.8, 4) is 0 Å². The van der Waals surface area contributed by atoms with Gasteiger partial charge < -0.3 is 5.32 Å². The molecule has 2 atom stereocenters. The topological polar surface area (TPSA) is 37.8 Å². The molecule has 1 aromatic rings. The first-order valence-corrected chi connectivity index (χ1v) is 6.65. The third-order valence-electron chi connectivity index (χ3n) is 3.15. The van der Waals surface area contributed by atoms with Gasteiger partial charge in [-0.05, 0) is 18.8 Å². The van der Waals surface area contributed by atoms with Crippen LogP contribution < -0.4 is 5.32 Å². The molecule has 1 saturated carbocycles. The maximum absolute atomic E-state index is 5.90. The summed E-state index contributed by atoms with van der Waals surface area (Å²) in [5, 5.41) is 3.91. The highest BCUT2D eigenvalue weighted by Gasteiger charge is 2.21. The van der Waals surface area contributed by atoms with Gasteiger partial charge in [-0.2, -0.15) is 8.75 Å². The molecule has 1 fully saturated rings. The van der Waals surface area contributed by atoms with Crippen LogP contribution in [0.5, 0.6) is 0 Å². The molecule has 3 nitrogen and oxygen atoms in total. The van der Waals surface area contributed by atoms with Crippen molar-refractivity contribution in [2.45, 2.75) is 45.1 Å². The van der Waals surface area contributed by atoms with Gasteiger partial charge >= 0.3 is 0 Å². The van der Waals surface area contributed by atoms with E-state index in [-0.39, 0.29) is 0 Å². The average Bonchev–Trinajstić information content (AvgIpc) is 2.65. The Morgan fingerprint density at radius 3 is 3.00 bits per heavy atom. The molecule has 0 amide bonds. The summed E-state index contributed by atoms with van der Waals surface area (Å²) in [5.41, 5.74) is 0. The van der Waals surface area contributed by atoms with E-state index < -0.39 is 0 Å². The Kier molecular flexibility index (Phi) is 3.81. The lowest BCUT2D eigenvalue weighted by molar-refractivity contribution is 0.327.